The number of hydrogen-bond donors (Lipinski definition) is 1. The van der Waals surface area contributed by atoms with E-state index in [1.54, 1.807) is 28.9 Å². The second-order valence-corrected chi connectivity index (χ2v) is 8.47. The highest BCUT2D eigenvalue weighted by molar-refractivity contribution is 7.17. The van der Waals surface area contributed by atoms with E-state index in [-0.39, 0.29) is 5.91 Å². The van der Waals surface area contributed by atoms with Crippen molar-refractivity contribution in [2.75, 3.05) is 31.2 Å². The quantitative estimate of drug-likeness (QED) is 0.659. The van der Waals surface area contributed by atoms with Crippen LogP contribution in [0.5, 0.6) is 0 Å². The van der Waals surface area contributed by atoms with Crippen molar-refractivity contribution in [2.24, 2.45) is 5.10 Å². The van der Waals surface area contributed by atoms with Crippen LogP contribution in [-0.4, -0.2) is 38.4 Å². The van der Waals surface area contributed by atoms with E-state index in [1.165, 1.54) is 28.3 Å². The normalized spacial score (nSPS) is 17.7. The average Bonchev–Trinajstić information content (AvgIpc) is 3.29. The molecule has 1 saturated heterocycles. The Balaban J connectivity index is 1.35. The second-order valence-electron chi connectivity index (χ2n) is 6.24. The molecule has 0 aromatic carbocycles. The van der Waals surface area contributed by atoms with Gasteiger partial charge in [-0.3, -0.25) is 4.79 Å². The van der Waals surface area contributed by atoms with Crippen molar-refractivity contribution in [1.29, 1.82) is 0 Å². The molecule has 7 heteroatoms. The number of fused-ring (bicyclic) bond motifs is 1. The number of ether oxygens (including phenoxy) is 1. The van der Waals surface area contributed by atoms with E-state index in [1.807, 2.05) is 12.1 Å². The lowest BCUT2D eigenvalue weighted by molar-refractivity contribution is 0.0959. The van der Waals surface area contributed by atoms with E-state index < -0.39 is 0 Å². The van der Waals surface area contributed by atoms with Gasteiger partial charge in [-0.05, 0) is 49.4 Å². The van der Waals surface area contributed by atoms with Crippen LogP contribution in [0.4, 0.5) is 5.00 Å². The van der Waals surface area contributed by atoms with Crippen molar-refractivity contribution >= 4 is 39.8 Å². The van der Waals surface area contributed by atoms with Crippen molar-refractivity contribution in [3.63, 3.8) is 0 Å². The van der Waals surface area contributed by atoms with Crippen molar-refractivity contribution in [1.82, 2.24) is 5.43 Å². The molecule has 1 fully saturated rings. The molecule has 5 nitrogen and oxygen atoms in total. The van der Waals surface area contributed by atoms with Gasteiger partial charge in [0, 0.05) is 22.8 Å². The van der Waals surface area contributed by atoms with E-state index in [4.69, 9.17) is 4.74 Å². The van der Waals surface area contributed by atoms with Gasteiger partial charge in [0.2, 0.25) is 0 Å². The maximum atomic E-state index is 12.3. The Morgan fingerprint density at radius 1 is 1.20 bits per heavy atom. The monoisotopic (exact) mass is 375 g/mol. The summed E-state index contributed by atoms with van der Waals surface area (Å²) in [5.74, 6) is -0.111. The number of rotatable bonds is 4. The summed E-state index contributed by atoms with van der Waals surface area (Å²) in [7, 11) is 0. The Hall–Kier alpha value is -1.70. The van der Waals surface area contributed by atoms with E-state index in [0.717, 1.165) is 48.9 Å². The smallest absolute Gasteiger partial charge is 0.281 e. The molecule has 1 aliphatic carbocycles. The van der Waals surface area contributed by atoms with Gasteiger partial charge < -0.3 is 9.64 Å². The van der Waals surface area contributed by atoms with E-state index >= 15 is 0 Å². The van der Waals surface area contributed by atoms with Crippen molar-refractivity contribution in [3.8, 4) is 0 Å². The molecular weight excluding hydrogens is 354 g/mol. The first-order chi connectivity index (χ1) is 12.3. The first-order valence-electron chi connectivity index (χ1n) is 8.67. The highest BCUT2D eigenvalue weighted by Gasteiger charge is 2.17. The summed E-state index contributed by atoms with van der Waals surface area (Å²) in [4.78, 5) is 17.8. The topological polar surface area (TPSA) is 53.9 Å². The van der Waals surface area contributed by atoms with Crippen LogP contribution in [0, 0.1) is 0 Å². The maximum Gasteiger partial charge on any atom is 0.281 e. The van der Waals surface area contributed by atoms with Crippen LogP contribution in [0.25, 0.3) is 0 Å². The van der Waals surface area contributed by atoms with Gasteiger partial charge in [0.1, 0.15) is 0 Å². The number of anilines is 1. The molecule has 4 rings (SSSR count). The summed E-state index contributed by atoms with van der Waals surface area (Å²) in [6.45, 7) is 3.41. The standard InChI is InChI=1S/C18H21N3O2S2/c22-18(16-11-13-3-1-2-4-15(13)25-16)20-19-12-14-5-6-17(24-14)21-7-9-23-10-8-21/h5-6,11-12H,1-4,7-10H2,(H,20,22). The fourth-order valence-electron chi connectivity index (χ4n) is 3.18. The summed E-state index contributed by atoms with van der Waals surface area (Å²) >= 11 is 3.29. The summed E-state index contributed by atoms with van der Waals surface area (Å²) in [5.41, 5.74) is 4.01. The van der Waals surface area contributed by atoms with Gasteiger partial charge in [-0.2, -0.15) is 5.10 Å². The molecule has 25 heavy (non-hydrogen) atoms. The highest BCUT2D eigenvalue weighted by atomic mass is 32.1. The summed E-state index contributed by atoms with van der Waals surface area (Å²) in [6.07, 6.45) is 6.39. The lowest BCUT2D eigenvalue weighted by Gasteiger charge is -2.27. The highest BCUT2D eigenvalue weighted by Crippen LogP contribution is 2.29. The molecular formula is C18H21N3O2S2. The third-order valence-electron chi connectivity index (χ3n) is 4.51. The van der Waals surface area contributed by atoms with Crippen molar-refractivity contribution < 1.29 is 9.53 Å². The third kappa shape index (κ3) is 3.94. The summed E-state index contributed by atoms with van der Waals surface area (Å²) < 4.78 is 5.38. The van der Waals surface area contributed by atoms with Gasteiger partial charge in [-0.1, -0.05) is 0 Å². The van der Waals surface area contributed by atoms with Gasteiger partial charge in [-0.25, -0.2) is 5.43 Å². The zero-order chi connectivity index (χ0) is 17.1. The van der Waals surface area contributed by atoms with Crippen molar-refractivity contribution in [2.45, 2.75) is 25.7 Å². The molecule has 0 atom stereocenters. The predicted molar refractivity (Wildman–Crippen MR) is 103 cm³/mol. The molecule has 0 unspecified atom stereocenters. The van der Waals surface area contributed by atoms with E-state index in [0.29, 0.717) is 0 Å². The average molecular weight is 376 g/mol. The SMILES string of the molecule is O=C(NN=Cc1ccc(N2CCOCC2)s1)c1cc2c(s1)CCCC2. The van der Waals surface area contributed by atoms with Crippen LogP contribution < -0.4 is 10.3 Å². The van der Waals surface area contributed by atoms with Crippen LogP contribution in [0.15, 0.2) is 23.3 Å². The predicted octanol–water partition coefficient (Wildman–Crippen LogP) is 3.29. The first kappa shape index (κ1) is 16.8. The Kier molecular flexibility index (Phi) is 5.14. The zero-order valence-electron chi connectivity index (χ0n) is 14.0. The molecule has 1 amide bonds. The Labute approximate surface area is 155 Å². The Bertz CT molecular complexity index is 752. The van der Waals surface area contributed by atoms with E-state index in [9.17, 15) is 4.79 Å². The molecule has 0 radical (unpaired) electrons. The molecule has 0 bridgehead atoms. The van der Waals surface area contributed by atoms with Crippen LogP contribution in [0.3, 0.4) is 0 Å². The number of nitrogens with one attached hydrogen (secondary N) is 1. The minimum absolute atomic E-state index is 0.111. The van der Waals surface area contributed by atoms with Gasteiger partial charge >= 0.3 is 0 Å². The largest absolute Gasteiger partial charge is 0.378 e. The Morgan fingerprint density at radius 2 is 2.04 bits per heavy atom. The minimum atomic E-state index is -0.111. The molecule has 2 aromatic rings. The number of hydrogen-bond acceptors (Lipinski definition) is 6. The molecule has 3 heterocycles. The summed E-state index contributed by atoms with van der Waals surface area (Å²) in [5, 5.41) is 5.36. The fourth-order valence-corrected chi connectivity index (χ4v) is 5.25. The third-order valence-corrected chi connectivity index (χ3v) is 6.83. The van der Waals surface area contributed by atoms with Crippen LogP contribution in [0.2, 0.25) is 0 Å². The van der Waals surface area contributed by atoms with Gasteiger partial charge in [0.25, 0.3) is 5.91 Å². The van der Waals surface area contributed by atoms with Gasteiger partial charge in [0.05, 0.1) is 29.3 Å². The van der Waals surface area contributed by atoms with Crippen molar-refractivity contribution in [3.05, 3.63) is 38.4 Å². The number of nitrogens with zero attached hydrogens (tertiary/aromatic N) is 2. The lowest BCUT2D eigenvalue weighted by Crippen LogP contribution is -2.35. The first-order valence-corrected chi connectivity index (χ1v) is 10.3. The van der Waals surface area contributed by atoms with E-state index in [2.05, 4.69) is 21.5 Å². The molecule has 0 saturated carbocycles. The van der Waals surface area contributed by atoms with Gasteiger partial charge in [-0.15, -0.1) is 22.7 Å². The molecule has 1 aliphatic heterocycles. The molecule has 132 valence electrons. The second kappa shape index (κ2) is 7.68. The number of morpholine rings is 1. The number of amides is 1. The molecule has 2 aliphatic rings. The van der Waals surface area contributed by atoms with Crippen LogP contribution >= 0.6 is 22.7 Å². The zero-order valence-corrected chi connectivity index (χ0v) is 15.6. The molecule has 0 spiro atoms. The summed E-state index contributed by atoms with van der Waals surface area (Å²) in [6, 6.07) is 6.17. The molecule has 1 N–H and O–H groups in total. The number of hydrazone groups is 1. The number of carbonyl (C=O) groups excluding carboxylic acids is 1. The number of aryl methyl sites for hydroxylation is 2. The molecule has 2 aromatic heterocycles. The Morgan fingerprint density at radius 3 is 2.88 bits per heavy atom. The minimum Gasteiger partial charge on any atom is -0.378 e. The van der Waals surface area contributed by atoms with Crippen LogP contribution in [-0.2, 0) is 17.6 Å². The lowest BCUT2D eigenvalue weighted by atomic mass is 9.99. The number of carbonyl (C=O) groups is 1. The maximum absolute atomic E-state index is 12.3. The van der Waals surface area contributed by atoms with Gasteiger partial charge in [0.15, 0.2) is 0 Å². The van der Waals surface area contributed by atoms with Crippen LogP contribution in [0.1, 0.15) is 37.8 Å². The fraction of sp³-hybridized carbons (Fsp3) is 0.444. The number of thiophene rings is 2.